The van der Waals surface area contributed by atoms with Crippen molar-refractivity contribution in [3.8, 4) is 0 Å². The van der Waals surface area contributed by atoms with Crippen LogP contribution >= 0.6 is 0 Å². The minimum Gasteiger partial charge on any atom is -0.392 e. The molecule has 0 radical (unpaired) electrons. The SMILES string of the molecule is Cc1cc(N(CC(C)C)CC(C)C)ccc1CO. The summed E-state index contributed by atoms with van der Waals surface area (Å²) >= 11 is 0. The lowest BCUT2D eigenvalue weighted by Crippen LogP contribution is -2.31. The van der Waals surface area contributed by atoms with Crippen LogP contribution in [0.3, 0.4) is 0 Å². The first-order valence-corrected chi connectivity index (χ1v) is 6.89. The normalized spacial score (nSPS) is 11.3. The fraction of sp³-hybridized carbons (Fsp3) is 0.625. The number of benzene rings is 1. The number of hydrogen-bond acceptors (Lipinski definition) is 2. The minimum absolute atomic E-state index is 0.125. The number of anilines is 1. The summed E-state index contributed by atoms with van der Waals surface area (Å²) < 4.78 is 0. The first-order chi connectivity index (χ1) is 8.43. The van der Waals surface area contributed by atoms with Gasteiger partial charge in [0, 0.05) is 18.8 Å². The summed E-state index contributed by atoms with van der Waals surface area (Å²) in [6.07, 6.45) is 0. The van der Waals surface area contributed by atoms with Crippen molar-refractivity contribution in [3.05, 3.63) is 29.3 Å². The molecule has 0 fully saturated rings. The molecule has 0 heterocycles. The summed E-state index contributed by atoms with van der Waals surface area (Å²) in [4.78, 5) is 2.45. The van der Waals surface area contributed by atoms with E-state index in [4.69, 9.17) is 0 Å². The molecule has 0 saturated heterocycles. The molecule has 0 aliphatic heterocycles. The second kappa shape index (κ2) is 6.79. The Bertz CT molecular complexity index is 361. The average molecular weight is 249 g/mol. The van der Waals surface area contributed by atoms with E-state index in [1.807, 2.05) is 6.07 Å². The molecule has 102 valence electrons. The highest BCUT2D eigenvalue weighted by atomic mass is 16.3. The quantitative estimate of drug-likeness (QED) is 0.832. The molecule has 0 atom stereocenters. The van der Waals surface area contributed by atoms with Crippen molar-refractivity contribution in [2.45, 2.75) is 41.2 Å². The molecule has 0 aliphatic rings. The molecule has 0 aliphatic carbocycles. The summed E-state index contributed by atoms with van der Waals surface area (Å²) in [5.74, 6) is 1.31. The van der Waals surface area contributed by atoms with Crippen molar-refractivity contribution in [1.82, 2.24) is 0 Å². The zero-order chi connectivity index (χ0) is 13.7. The number of aliphatic hydroxyl groups excluding tert-OH is 1. The van der Waals surface area contributed by atoms with Gasteiger partial charge in [-0.3, -0.25) is 0 Å². The Morgan fingerprint density at radius 1 is 1.06 bits per heavy atom. The van der Waals surface area contributed by atoms with Crippen LogP contribution in [0.1, 0.15) is 38.8 Å². The summed E-state index contributed by atoms with van der Waals surface area (Å²) in [6.45, 7) is 13.4. The fourth-order valence-corrected chi connectivity index (χ4v) is 2.22. The molecule has 2 heteroatoms. The average Bonchev–Trinajstić information content (AvgIpc) is 2.26. The summed E-state index contributed by atoms with van der Waals surface area (Å²) in [5.41, 5.74) is 3.47. The van der Waals surface area contributed by atoms with Gasteiger partial charge in [-0.2, -0.15) is 0 Å². The zero-order valence-corrected chi connectivity index (χ0v) is 12.4. The third-order valence-electron chi connectivity index (χ3n) is 3.03. The number of hydrogen-bond donors (Lipinski definition) is 1. The lowest BCUT2D eigenvalue weighted by atomic mass is 10.1. The Hall–Kier alpha value is -1.02. The molecular formula is C16H27NO. The van der Waals surface area contributed by atoms with E-state index in [2.05, 4.69) is 51.7 Å². The van der Waals surface area contributed by atoms with Crippen molar-refractivity contribution in [1.29, 1.82) is 0 Å². The largest absolute Gasteiger partial charge is 0.392 e. The third-order valence-corrected chi connectivity index (χ3v) is 3.03. The second-order valence-corrected chi connectivity index (χ2v) is 5.96. The van der Waals surface area contributed by atoms with Crippen LogP contribution < -0.4 is 4.90 Å². The van der Waals surface area contributed by atoms with Crippen LogP contribution in [0.25, 0.3) is 0 Å². The Labute approximate surface area is 112 Å². The lowest BCUT2D eigenvalue weighted by Gasteiger charge is -2.29. The van der Waals surface area contributed by atoms with Gasteiger partial charge in [0.2, 0.25) is 0 Å². The van der Waals surface area contributed by atoms with E-state index >= 15 is 0 Å². The highest BCUT2D eigenvalue weighted by Crippen LogP contribution is 2.21. The number of aryl methyl sites for hydroxylation is 1. The number of nitrogens with zero attached hydrogens (tertiary/aromatic N) is 1. The maximum Gasteiger partial charge on any atom is 0.0684 e. The van der Waals surface area contributed by atoms with Gasteiger partial charge in [0.15, 0.2) is 0 Å². The smallest absolute Gasteiger partial charge is 0.0684 e. The van der Waals surface area contributed by atoms with E-state index in [-0.39, 0.29) is 6.61 Å². The Morgan fingerprint density at radius 2 is 1.61 bits per heavy atom. The monoisotopic (exact) mass is 249 g/mol. The molecule has 1 N–H and O–H groups in total. The van der Waals surface area contributed by atoms with Crippen LogP contribution in [-0.4, -0.2) is 18.2 Å². The first kappa shape index (κ1) is 15.0. The van der Waals surface area contributed by atoms with Crippen molar-refractivity contribution in [2.24, 2.45) is 11.8 Å². The van der Waals surface area contributed by atoms with Gasteiger partial charge >= 0.3 is 0 Å². The van der Waals surface area contributed by atoms with E-state index in [1.54, 1.807) is 0 Å². The fourth-order valence-electron chi connectivity index (χ4n) is 2.22. The predicted molar refractivity (Wildman–Crippen MR) is 79.0 cm³/mol. The van der Waals surface area contributed by atoms with Crippen LogP contribution in [0, 0.1) is 18.8 Å². The molecule has 2 nitrogen and oxygen atoms in total. The van der Waals surface area contributed by atoms with Crippen molar-refractivity contribution in [3.63, 3.8) is 0 Å². The highest BCUT2D eigenvalue weighted by Gasteiger charge is 2.11. The summed E-state index contributed by atoms with van der Waals surface area (Å²) in [7, 11) is 0. The Balaban J connectivity index is 2.93. The molecule has 0 saturated carbocycles. The van der Waals surface area contributed by atoms with E-state index in [0.29, 0.717) is 11.8 Å². The topological polar surface area (TPSA) is 23.5 Å². The van der Waals surface area contributed by atoms with Gasteiger partial charge in [-0.1, -0.05) is 33.8 Å². The van der Waals surface area contributed by atoms with Crippen LogP contribution in [0.15, 0.2) is 18.2 Å². The van der Waals surface area contributed by atoms with Crippen molar-refractivity contribution < 1.29 is 5.11 Å². The maximum absolute atomic E-state index is 9.23. The highest BCUT2D eigenvalue weighted by molar-refractivity contribution is 5.50. The van der Waals surface area contributed by atoms with Crippen LogP contribution in [0.4, 0.5) is 5.69 Å². The first-order valence-electron chi connectivity index (χ1n) is 6.89. The molecule has 0 bridgehead atoms. The molecule has 0 amide bonds. The lowest BCUT2D eigenvalue weighted by molar-refractivity contribution is 0.281. The zero-order valence-electron chi connectivity index (χ0n) is 12.4. The molecule has 0 aromatic heterocycles. The van der Waals surface area contributed by atoms with Gasteiger partial charge in [0.1, 0.15) is 0 Å². The predicted octanol–water partition coefficient (Wildman–Crippen LogP) is 3.61. The summed E-state index contributed by atoms with van der Waals surface area (Å²) in [6, 6.07) is 6.36. The Morgan fingerprint density at radius 3 is 2.00 bits per heavy atom. The molecule has 0 unspecified atom stereocenters. The standard InChI is InChI=1S/C16H27NO/c1-12(2)9-17(10-13(3)4)16-7-6-15(11-18)14(5)8-16/h6-8,12-13,18H,9-11H2,1-5H3. The molecule has 1 aromatic carbocycles. The van der Waals surface area contributed by atoms with Gasteiger partial charge in [0.05, 0.1) is 6.61 Å². The van der Waals surface area contributed by atoms with Crippen molar-refractivity contribution >= 4 is 5.69 Å². The second-order valence-electron chi connectivity index (χ2n) is 5.96. The van der Waals surface area contributed by atoms with Gasteiger partial charge < -0.3 is 10.0 Å². The Kier molecular flexibility index (Phi) is 5.67. The maximum atomic E-state index is 9.23. The number of rotatable bonds is 6. The van der Waals surface area contributed by atoms with E-state index in [0.717, 1.165) is 18.7 Å². The molecule has 0 spiro atoms. The minimum atomic E-state index is 0.125. The molecule has 1 aromatic rings. The third kappa shape index (κ3) is 4.34. The van der Waals surface area contributed by atoms with E-state index in [9.17, 15) is 5.11 Å². The van der Waals surface area contributed by atoms with E-state index < -0.39 is 0 Å². The van der Waals surface area contributed by atoms with Gasteiger partial charge in [-0.25, -0.2) is 0 Å². The van der Waals surface area contributed by atoms with Gasteiger partial charge in [0.25, 0.3) is 0 Å². The van der Waals surface area contributed by atoms with Crippen LogP contribution in [0.5, 0.6) is 0 Å². The molecule has 18 heavy (non-hydrogen) atoms. The molecular weight excluding hydrogens is 222 g/mol. The summed E-state index contributed by atoms with van der Waals surface area (Å²) in [5, 5.41) is 9.23. The number of aliphatic hydroxyl groups is 1. The van der Waals surface area contributed by atoms with E-state index in [1.165, 1.54) is 11.3 Å². The van der Waals surface area contributed by atoms with Gasteiger partial charge in [-0.05, 0) is 42.0 Å². The van der Waals surface area contributed by atoms with Crippen molar-refractivity contribution in [2.75, 3.05) is 18.0 Å². The molecule has 1 rings (SSSR count). The van der Waals surface area contributed by atoms with Crippen LogP contribution in [-0.2, 0) is 6.61 Å². The van der Waals surface area contributed by atoms with Gasteiger partial charge in [-0.15, -0.1) is 0 Å². The van der Waals surface area contributed by atoms with Crippen LogP contribution in [0.2, 0.25) is 0 Å².